The second kappa shape index (κ2) is 31.8. The van der Waals surface area contributed by atoms with Gasteiger partial charge in [0.25, 0.3) is 5.91 Å². The molecule has 25 heteroatoms. The number of rotatable bonds is 17. The van der Waals surface area contributed by atoms with Crippen LogP contribution in [0.2, 0.25) is 0 Å². The fourth-order valence-electron chi connectivity index (χ4n) is 6.92. The van der Waals surface area contributed by atoms with Gasteiger partial charge < -0.3 is 50.6 Å². The smallest absolute Gasteiger partial charge is 0.405 e. The van der Waals surface area contributed by atoms with E-state index in [1.807, 2.05) is 13.8 Å². The molecule has 2 aliphatic rings. The zero-order chi connectivity index (χ0) is 58.4. The number of carbonyl (C=O) groups is 7. The van der Waals surface area contributed by atoms with Crippen LogP contribution in [-0.2, 0) is 57.6 Å². The van der Waals surface area contributed by atoms with E-state index in [4.69, 9.17) is 26.0 Å². The van der Waals surface area contributed by atoms with Gasteiger partial charge in [-0.3, -0.25) is 14.4 Å². The first-order valence-corrected chi connectivity index (χ1v) is 26.4. The second-order valence-electron chi connectivity index (χ2n) is 19.3. The van der Waals surface area contributed by atoms with E-state index in [9.17, 15) is 59.9 Å². The van der Waals surface area contributed by atoms with E-state index in [1.54, 1.807) is 72.7 Å². The van der Waals surface area contributed by atoms with Crippen molar-refractivity contribution in [3.63, 3.8) is 0 Å². The third kappa shape index (κ3) is 24.7. The van der Waals surface area contributed by atoms with E-state index >= 15 is 0 Å². The van der Waals surface area contributed by atoms with Crippen LogP contribution in [0.15, 0.2) is 48.5 Å². The van der Waals surface area contributed by atoms with Crippen LogP contribution in [0.1, 0.15) is 105 Å². The zero-order valence-electron chi connectivity index (χ0n) is 44.5. The van der Waals surface area contributed by atoms with Crippen LogP contribution in [0.4, 0.5) is 35.9 Å². The summed E-state index contributed by atoms with van der Waals surface area (Å²) in [4.78, 5) is 83.5. The third-order valence-corrected chi connectivity index (χ3v) is 12.7. The summed E-state index contributed by atoms with van der Waals surface area (Å²) in [6.45, 7) is 17.3. The highest BCUT2D eigenvalue weighted by Crippen LogP contribution is 2.27. The van der Waals surface area contributed by atoms with Crippen LogP contribution >= 0.6 is 23.5 Å². The van der Waals surface area contributed by atoms with Crippen LogP contribution in [0.5, 0.6) is 5.75 Å². The van der Waals surface area contributed by atoms with Gasteiger partial charge in [-0.1, -0.05) is 26.0 Å². The molecule has 0 aliphatic carbocycles. The Kier molecular flexibility index (Phi) is 27.5. The average molecular weight is 1130 g/mol. The van der Waals surface area contributed by atoms with Crippen molar-refractivity contribution in [2.75, 3.05) is 31.2 Å². The number of halogens is 6. The summed E-state index contributed by atoms with van der Waals surface area (Å²) in [7, 11) is 0. The molecule has 428 valence electrons. The molecule has 0 bridgehead atoms. The van der Waals surface area contributed by atoms with Crippen molar-refractivity contribution in [2.45, 2.75) is 135 Å². The van der Waals surface area contributed by atoms with E-state index in [0.717, 1.165) is 17.7 Å². The molecule has 0 radical (unpaired) electrons. The summed E-state index contributed by atoms with van der Waals surface area (Å²) in [5, 5.41) is 10.3. The first-order chi connectivity index (χ1) is 35.8. The summed E-state index contributed by atoms with van der Waals surface area (Å²) in [5.74, 6) is -7.29. The highest BCUT2D eigenvalue weighted by Gasteiger charge is 2.36. The normalized spacial score (nSPS) is 15.3. The van der Waals surface area contributed by atoms with Crippen molar-refractivity contribution in [3.8, 4) is 5.75 Å². The number of aliphatic carboxylic acids is 1. The maximum absolute atomic E-state index is 13.8. The minimum absolute atomic E-state index is 0.00252. The highest BCUT2D eigenvalue weighted by molar-refractivity contribution is 8.01. The number of carboxylic acid groups (broad SMARTS) is 1. The van der Waals surface area contributed by atoms with Crippen molar-refractivity contribution in [1.82, 2.24) is 15.1 Å². The number of ether oxygens (including phenoxy) is 4. The Hall–Kier alpha value is -6.37. The summed E-state index contributed by atoms with van der Waals surface area (Å²) < 4.78 is 99.7. The van der Waals surface area contributed by atoms with Gasteiger partial charge in [-0.25, -0.2) is 45.5 Å². The molecule has 3 aromatic rings. The van der Waals surface area contributed by atoms with Gasteiger partial charge in [-0.2, -0.15) is 0 Å². The number of nitrogens with one attached hydrogen (secondary N) is 1. The number of hydrogen-bond acceptors (Lipinski definition) is 13. The van der Waals surface area contributed by atoms with Crippen LogP contribution in [0.25, 0.3) is 0 Å². The minimum Gasteiger partial charge on any atom is -0.479 e. The molecular formula is C52H69F6N5O12S2. The number of carboxylic acids is 1. The van der Waals surface area contributed by atoms with Gasteiger partial charge in [-0.05, 0) is 115 Å². The maximum Gasteiger partial charge on any atom is 0.405 e. The minimum atomic E-state index is -1.26. The predicted molar refractivity (Wildman–Crippen MR) is 277 cm³/mol. The molecule has 5 amide bonds. The fourth-order valence-corrected chi connectivity index (χ4v) is 9.16. The van der Waals surface area contributed by atoms with Crippen LogP contribution in [-0.4, -0.2) is 116 Å². The first kappa shape index (κ1) is 66.7. The Morgan fingerprint density at radius 1 is 0.675 bits per heavy atom. The van der Waals surface area contributed by atoms with E-state index in [-0.39, 0.29) is 86.4 Å². The Labute approximate surface area is 452 Å². The Bertz CT molecular complexity index is 2450. The molecule has 2 aliphatic heterocycles. The lowest BCUT2D eigenvalue weighted by Gasteiger charge is -2.23. The topological polar surface area (TPSA) is 247 Å². The number of thioether (sulfide) groups is 2. The number of nitrogens with zero attached hydrogens (tertiary/aromatic N) is 2. The van der Waals surface area contributed by atoms with Gasteiger partial charge in [0.15, 0.2) is 40.1 Å². The molecule has 2 heterocycles. The van der Waals surface area contributed by atoms with Crippen LogP contribution in [0.3, 0.4) is 0 Å². The van der Waals surface area contributed by atoms with Gasteiger partial charge in [-0.15, -0.1) is 23.5 Å². The molecular weight excluding hydrogens is 1060 g/mol. The Morgan fingerprint density at radius 2 is 1.09 bits per heavy atom. The number of nitrogens with two attached hydrogens (primary N) is 2. The molecule has 6 N–H and O–H groups in total. The predicted octanol–water partition coefficient (Wildman–Crippen LogP) is 8.78. The van der Waals surface area contributed by atoms with Crippen LogP contribution < -0.4 is 21.5 Å². The van der Waals surface area contributed by atoms with Crippen molar-refractivity contribution in [3.05, 3.63) is 100 Å². The quantitative estimate of drug-likeness (QED) is 0.0427. The van der Waals surface area contributed by atoms with Gasteiger partial charge in [0.1, 0.15) is 28.6 Å². The standard InChI is InChI=1S/C28H33F3N2O5S.C14H14F3NO3S.2C5H11NO2/c1-4-37-28(36)25(17(2)3)38-20-10-8-18(9-11-20)16-32-26(35)27-33(12-13-39-27)24(34)7-5-6-19-14-22(30)23(31)15-21(19)29;15-9-7-11(17)10(16)6-8(9)2-1-3-12(19)18-4-5-22-13(18)14(20)21;2*1-5(2,3)8-4(6)7/h8-11,14-15,17,25,27H,4-7,12-13,16H2,1-3H3,(H,32,35);6-7,13H,1-5H2,(H,20,21);2*1-3H3,(H2,6,7). The molecule has 2 fully saturated rings. The fraction of sp³-hybridized carbons (Fsp3) is 0.519. The maximum atomic E-state index is 13.8. The summed E-state index contributed by atoms with van der Waals surface area (Å²) in [6.07, 6.45) is -1.48. The molecule has 0 spiro atoms. The monoisotopic (exact) mass is 1130 g/mol. The lowest BCUT2D eigenvalue weighted by Crippen LogP contribution is -2.44. The molecule has 2 saturated heterocycles. The lowest BCUT2D eigenvalue weighted by molar-refractivity contribution is -0.153. The third-order valence-electron chi connectivity index (χ3n) is 10.3. The van der Waals surface area contributed by atoms with E-state index in [2.05, 4.69) is 14.8 Å². The number of hydrogen-bond donors (Lipinski definition) is 4. The average Bonchev–Trinajstić information content (AvgIpc) is 4.02. The largest absolute Gasteiger partial charge is 0.479 e. The van der Waals surface area contributed by atoms with E-state index in [1.165, 1.54) is 33.3 Å². The van der Waals surface area contributed by atoms with Crippen LogP contribution in [0, 0.1) is 40.8 Å². The Balaban J connectivity index is 0.000000442. The first-order valence-electron chi connectivity index (χ1n) is 24.3. The number of amides is 5. The lowest BCUT2D eigenvalue weighted by atomic mass is 10.1. The molecule has 3 aromatic carbocycles. The molecule has 5 rings (SSSR count). The molecule has 3 unspecified atom stereocenters. The summed E-state index contributed by atoms with van der Waals surface area (Å²) in [5.41, 5.74) is 9.34. The van der Waals surface area contributed by atoms with Gasteiger partial charge in [0.2, 0.25) is 11.8 Å². The second-order valence-corrected chi connectivity index (χ2v) is 21.7. The van der Waals surface area contributed by atoms with Crippen molar-refractivity contribution in [1.29, 1.82) is 0 Å². The molecule has 77 heavy (non-hydrogen) atoms. The number of carbonyl (C=O) groups excluding carboxylic acids is 6. The number of benzene rings is 3. The van der Waals surface area contributed by atoms with Gasteiger partial charge in [0.05, 0.1) is 6.61 Å². The molecule has 3 atom stereocenters. The van der Waals surface area contributed by atoms with Crippen molar-refractivity contribution >= 4 is 65.4 Å². The van der Waals surface area contributed by atoms with Gasteiger partial charge >= 0.3 is 24.1 Å². The highest BCUT2D eigenvalue weighted by atomic mass is 32.2. The summed E-state index contributed by atoms with van der Waals surface area (Å²) in [6, 6.07) is 9.54. The van der Waals surface area contributed by atoms with E-state index in [0.29, 0.717) is 42.5 Å². The molecule has 17 nitrogen and oxygen atoms in total. The zero-order valence-corrected chi connectivity index (χ0v) is 46.1. The van der Waals surface area contributed by atoms with E-state index < -0.39 is 87.1 Å². The Morgan fingerprint density at radius 3 is 1.47 bits per heavy atom. The number of esters is 1. The molecule has 0 aromatic heterocycles. The number of primary amides is 2. The van der Waals surface area contributed by atoms with Crippen molar-refractivity contribution in [2.24, 2.45) is 17.4 Å². The number of aryl methyl sites for hydroxylation is 2. The summed E-state index contributed by atoms with van der Waals surface area (Å²) >= 11 is 2.53. The van der Waals surface area contributed by atoms with Gasteiger partial charge in [0, 0.05) is 62.0 Å². The van der Waals surface area contributed by atoms with Crippen molar-refractivity contribution < 1.29 is 84.0 Å². The molecule has 0 saturated carbocycles. The SMILES string of the molecule is CC(C)(C)OC(N)=O.CC(C)(C)OC(N)=O.CCOC(=O)C(Oc1ccc(CNC(=O)C2SCCN2C(=O)CCCc2cc(F)c(F)cc2F)cc1)C(C)C.O=C(O)C1SCCN1C(=O)CCCc1cc(F)c(F)cc1F.